The van der Waals surface area contributed by atoms with Gasteiger partial charge in [0, 0.05) is 27.4 Å². The molecule has 0 aliphatic heterocycles. The smallest absolute Gasteiger partial charge is 0.297 e. The highest BCUT2D eigenvalue weighted by Crippen LogP contribution is 2.14. The van der Waals surface area contributed by atoms with Crippen LogP contribution in [0.2, 0.25) is 0 Å². The summed E-state index contributed by atoms with van der Waals surface area (Å²) in [7, 11) is 3.07. The zero-order valence-corrected chi connectivity index (χ0v) is 11.8. The van der Waals surface area contributed by atoms with Gasteiger partial charge in [-0.1, -0.05) is 0 Å². The second-order valence-corrected chi connectivity index (χ2v) is 5.52. The molecular weight excluding hydrogens is 230 g/mol. The van der Waals surface area contributed by atoms with Crippen LogP contribution in [0.15, 0.2) is 0 Å². The van der Waals surface area contributed by atoms with E-state index in [0.717, 1.165) is 0 Å². The lowest BCUT2D eigenvalue weighted by Crippen LogP contribution is -2.67. The minimum Gasteiger partial charge on any atom is -0.376 e. The molecule has 7 nitrogen and oxygen atoms in total. The van der Waals surface area contributed by atoms with E-state index in [-0.39, 0.29) is 12.6 Å². The van der Waals surface area contributed by atoms with Crippen LogP contribution in [0.4, 0.5) is 0 Å². The lowest BCUT2D eigenvalue weighted by atomic mass is 10.3. The summed E-state index contributed by atoms with van der Waals surface area (Å²) in [6.45, 7) is 1.86. The monoisotopic (exact) mass is 253 g/mol. The molecule has 0 saturated heterocycles. The van der Waals surface area contributed by atoms with Crippen LogP contribution in [0.25, 0.3) is 0 Å². The molecule has 0 spiro atoms. The summed E-state index contributed by atoms with van der Waals surface area (Å²) in [6.07, 6.45) is 0. The molecule has 0 fully saturated rings. The van der Waals surface area contributed by atoms with Gasteiger partial charge < -0.3 is 35.8 Å². The largest absolute Gasteiger partial charge is 0.376 e. The summed E-state index contributed by atoms with van der Waals surface area (Å²) < 4.78 is 20.7. The molecule has 98 valence electrons. The summed E-state index contributed by atoms with van der Waals surface area (Å²) in [4.78, 5) is 0. The topological polar surface area (TPSA) is 115 Å². The van der Waals surface area contributed by atoms with E-state index in [1.807, 2.05) is 0 Å². The first-order valence-electron chi connectivity index (χ1n) is 4.90. The van der Waals surface area contributed by atoms with Crippen LogP contribution in [0.5, 0.6) is 0 Å². The van der Waals surface area contributed by atoms with E-state index in [9.17, 15) is 0 Å². The van der Waals surface area contributed by atoms with E-state index in [4.69, 9.17) is 35.8 Å². The minimum absolute atomic E-state index is 0.127. The number of rotatable bonds is 8. The van der Waals surface area contributed by atoms with Gasteiger partial charge in [-0.2, -0.15) is 0 Å². The van der Waals surface area contributed by atoms with Crippen LogP contribution < -0.4 is 17.2 Å². The standard InChI is InChI=1S/C8H23N3O4Si/c1-6(9)8(10,11)16-15-7(13-3,14-4)5-12-2/h6H,5,9-11,16H2,1-4H3. The average molecular weight is 253 g/mol. The zero-order valence-electron chi connectivity index (χ0n) is 10.4. The maximum atomic E-state index is 5.81. The lowest BCUT2D eigenvalue weighted by Gasteiger charge is -2.35. The lowest BCUT2D eigenvalue weighted by molar-refractivity contribution is -0.340. The second kappa shape index (κ2) is 6.62. The predicted molar refractivity (Wildman–Crippen MR) is 63.0 cm³/mol. The molecule has 1 unspecified atom stereocenters. The van der Waals surface area contributed by atoms with Gasteiger partial charge in [-0.25, -0.2) is 0 Å². The molecule has 8 heteroatoms. The Bertz CT molecular complexity index is 200. The van der Waals surface area contributed by atoms with E-state index in [1.165, 1.54) is 21.3 Å². The summed E-state index contributed by atoms with van der Waals surface area (Å²) in [5.74, 6) is -1.25. The van der Waals surface area contributed by atoms with Crippen LogP contribution in [0, 0.1) is 0 Å². The van der Waals surface area contributed by atoms with Gasteiger partial charge in [0.1, 0.15) is 6.61 Å². The van der Waals surface area contributed by atoms with Gasteiger partial charge in [-0.15, -0.1) is 0 Å². The maximum absolute atomic E-state index is 5.81. The molecule has 0 bridgehead atoms. The Labute approximate surface area is 98.5 Å². The van der Waals surface area contributed by atoms with Gasteiger partial charge in [0.25, 0.3) is 5.97 Å². The third-order valence-corrected chi connectivity index (χ3v) is 4.06. The Kier molecular flexibility index (Phi) is 6.59. The molecule has 0 aliphatic carbocycles. The summed E-state index contributed by atoms with van der Waals surface area (Å²) in [5, 5.41) is -1.02. The number of hydrogen-bond acceptors (Lipinski definition) is 7. The first kappa shape index (κ1) is 15.9. The average Bonchev–Trinajstić information content (AvgIpc) is 2.24. The molecule has 0 aromatic heterocycles. The number of nitrogens with two attached hydrogens (primary N) is 3. The number of ether oxygens (including phenoxy) is 3. The molecule has 0 amide bonds. The van der Waals surface area contributed by atoms with E-state index in [1.54, 1.807) is 6.92 Å². The van der Waals surface area contributed by atoms with E-state index in [0.29, 0.717) is 0 Å². The van der Waals surface area contributed by atoms with Crippen molar-refractivity contribution in [3.8, 4) is 0 Å². The molecule has 0 rings (SSSR count). The van der Waals surface area contributed by atoms with Crippen molar-refractivity contribution in [1.82, 2.24) is 0 Å². The molecule has 0 heterocycles. The Balaban J connectivity index is 4.42. The van der Waals surface area contributed by atoms with Crippen LogP contribution in [-0.4, -0.2) is 55.0 Å². The summed E-state index contributed by atoms with van der Waals surface area (Å²) >= 11 is 0. The van der Waals surface area contributed by atoms with Crippen molar-refractivity contribution < 1.29 is 18.6 Å². The summed E-state index contributed by atoms with van der Waals surface area (Å²) in [6, 6.07) is -0.367. The Hall–Kier alpha value is -0.0631. The van der Waals surface area contributed by atoms with Gasteiger partial charge in [0.15, 0.2) is 0 Å². The van der Waals surface area contributed by atoms with Crippen molar-refractivity contribution in [2.45, 2.75) is 24.2 Å². The number of hydrogen-bond donors (Lipinski definition) is 3. The zero-order chi connectivity index (χ0) is 12.8. The molecule has 0 aromatic carbocycles. The highest BCUT2D eigenvalue weighted by atomic mass is 28.2. The van der Waals surface area contributed by atoms with Gasteiger partial charge in [0.05, 0.1) is 5.29 Å². The van der Waals surface area contributed by atoms with Gasteiger partial charge in [0.2, 0.25) is 9.76 Å². The summed E-state index contributed by atoms with van der Waals surface area (Å²) in [5.41, 5.74) is 17.3. The fourth-order valence-electron chi connectivity index (χ4n) is 0.904. The third-order valence-electron chi connectivity index (χ3n) is 2.33. The van der Waals surface area contributed by atoms with Gasteiger partial charge >= 0.3 is 0 Å². The first-order chi connectivity index (χ1) is 7.33. The number of methoxy groups -OCH3 is 3. The molecule has 0 saturated carbocycles. The van der Waals surface area contributed by atoms with Crippen molar-refractivity contribution in [3.63, 3.8) is 0 Å². The predicted octanol–water partition coefficient (Wildman–Crippen LogP) is -2.40. The van der Waals surface area contributed by atoms with Gasteiger partial charge in [-0.05, 0) is 6.92 Å². The molecule has 0 aromatic rings. The Morgan fingerprint density at radius 2 is 1.69 bits per heavy atom. The minimum atomic E-state index is -1.35. The Morgan fingerprint density at radius 3 is 2.00 bits per heavy atom. The van der Waals surface area contributed by atoms with Crippen molar-refractivity contribution in [1.29, 1.82) is 0 Å². The molecule has 16 heavy (non-hydrogen) atoms. The highest BCUT2D eigenvalue weighted by molar-refractivity contribution is 6.32. The molecule has 0 aliphatic rings. The second-order valence-electron chi connectivity index (χ2n) is 3.71. The van der Waals surface area contributed by atoms with Crippen LogP contribution in [0.1, 0.15) is 6.92 Å². The van der Waals surface area contributed by atoms with Crippen LogP contribution >= 0.6 is 0 Å². The fraction of sp³-hybridized carbons (Fsp3) is 1.00. The van der Waals surface area contributed by atoms with Crippen molar-refractivity contribution in [2.75, 3.05) is 27.9 Å². The fourth-order valence-corrected chi connectivity index (χ4v) is 1.96. The highest BCUT2D eigenvalue weighted by Gasteiger charge is 2.36. The first-order valence-corrected chi connectivity index (χ1v) is 6.18. The molecule has 1 atom stereocenters. The van der Waals surface area contributed by atoms with Crippen molar-refractivity contribution in [2.24, 2.45) is 17.2 Å². The van der Waals surface area contributed by atoms with Crippen LogP contribution in [0.3, 0.4) is 0 Å². The molecular formula is C8H23N3O4Si. The van der Waals surface area contributed by atoms with Crippen molar-refractivity contribution in [3.05, 3.63) is 0 Å². The van der Waals surface area contributed by atoms with E-state index >= 15 is 0 Å². The molecule has 6 N–H and O–H groups in total. The third kappa shape index (κ3) is 4.43. The van der Waals surface area contributed by atoms with Crippen molar-refractivity contribution >= 4 is 9.76 Å². The van der Waals surface area contributed by atoms with Gasteiger partial charge in [-0.3, -0.25) is 0 Å². The SMILES string of the molecule is COCC(OC)(OC)O[SiH2]C(N)(N)C(C)N. The Morgan fingerprint density at radius 1 is 1.19 bits per heavy atom. The van der Waals surface area contributed by atoms with Crippen LogP contribution in [-0.2, 0) is 18.6 Å². The maximum Gasteiger partial charge on any atom is 0.297 e. The van der Waals surface area contributed by atoms with E-state index < -0.39 is 21.0 Å². The van der Waals surface area contributed by atoms with E-state index in [2.05, 4.69) is 0 Å². The normalized spacial score (nSPS) is 15.9. The quantitative estimate of drug-likeness (QED) is 0.326. The molecule has 0 radical (unpaired) electrons.